The van der Waals surface area contributed by atoms with Crippen LogP contribution in [-0.4, -0.2) is 26.5 Å². The molecular formula is C21H25N5O2. The molecule has 1 aromatic carbocycles. The Morgan fingerprint density at radius 1 is 1.25 bits per heavy atom. The van der Waals surface area contributed by atoms with Crippen molar-refractivity contribution in [2.24, 2.45) is 18.1 Å². The topological polar surface area (TPSA) is 81.3 Å². The van der Waals surface area contributed by atoms with Crippen LogP contribution >= 0.6 is 0 Å². The lowest BCUT2D eigenvalue weighted by atomic mass is 10.1. The summed E-state index contributed by atoms with van der Waals surface area (Å²) >= 11 is 0. The smallest absolute Gasteiger partial charge is 0.292 e. The molecule has 0 aliphatic carbocycles. The Kier molecular flexibility index (Phi) is 5.44. The molecule has 3 aromatic rings. The molecule has 7 heteroatoms. The zero-order valence-corrected chi connectivity index (χ0v) is 16.9. The molecule has 7 nitrogen and oxygen atoms in total. The standard InChI is InChI=1S/C21H25N5O2/c1-13(2)12-26-14(3)10-16(15(26)4)11-22-23-20(27)19-17-8-6-7-9-18(17)21(28)25(5)24-19/h6-11,13H,12H2,1-5H3,(H,23,27)/b22-11-. The summed E-state index contributed by atoms with van der Waals surface area (Å²) in [6, 6.07) is 8.97. The van der Waals surface area contributed by atoms with E-state index in [0.717, 1.165) is 23.5 Å². The highest BCUT2D eigenvalue weighted by Crippen LogP contribution is 2.16. The first kappa shape index (κ1) is 19.5. The number of carbonyl (C=O) groups is 1. The molecule has 0 saturated heterocycles. The molecule has 0 spiro atoms. The van der Waals surface area contributed by atoms with E-state index in [-0.39, 0.29) is 11.3 Å². The van der Waals surface area contributed by atoms with Gasteiger partial charge in [-0.25, -0.2) is 10.1 Å². The zero-order chi connectivity index (χ0) is 20.4. The molecule has 0 bridgehead atoms. The van der Waals surface area contributed by atoms with Crippen LogP contribution in [0.4, 0.5) is 0 Å². The van der Waals surface area contributed by atoms with E-state index >= 15 is 0 Å². The summed E-state index contributed by atoms with van der Waals surface area (Å²) in [5.41, 5.74) is 5.67. The van der Waals surface area contributed by atoms with E-state index in [1.54, 1.807) is 30.5 Å². The predicted molar refractivity (Wildman–Crippen MR) is 111 cm³/mol. The number of hydrazone groups is 1. The number of benzene rings is 1. The van der Waals surface area contributed by atoms with Gasteiger partial charge in [-0.05, 0) is 31.9 Å². The Morgan fingerprint density at radius 2 is 1.93 bits per heavy atom. The van der Waals surface area contributed by atoms with Crippen LogP contribution in [0.1, 0.15) is 41.3 Å². The van der Waals surface area contributed by atoms with Crippen LogP contribution in [0.3, 0.4) is 0 Å². The normalized spacial score (nSPS) is 11.6. The lowest BCUT2D eigenvalue weighted by molar-refractivity contribution is 0.0950. The molecule has 0 atom stereocenters. The highest BCUT2D eigenvalue weighted by molar-refractivity contribution is 6.04. The van der Waals surface area contributed by atoms with Crippen LogP contribution in [0.25, 0.3) is 10.8 Å². The van der Waals surface area contributed by atoms with Crippen LogP contribution in [0.2, 0.25) is 0 Å². The van der Waals surface area contributed by atoms with Gasteiger partial charge in [0.05, 0.1) is 11.6 Å². The fraction of sp³-hybridized carbons (Fsp3) is 0.333. The van der Waals surface area contributed by atoms with Crippen LogP contribution in [0, 0.1) is 19.8 Å². The van der Waals surface area contributed by atoms with Gasteiger partial charge in [-0.1, -0.05) is 32.0 Å². The van der Waals surface area contributed by atoms with Gasteiger partial charge < -0.3 is 4.57 Å². The number of aromatic nitrogens is 3. The number of amides is 1. The van der Waals surface area contributed by atoms with Crippen molar-refractivity contribution >= 4 is 22.9 Å². The molecule has 3 rings (SSSR count). The second kappa shape index (κ2) is 7.80. The van der Waals surface area contributed by atoms with Crippen molar-refractivity contribution in [1.82, 2.24) is 19.8 Å². The highest BCUT2D eigenvalue weighted by atomic mass is 16.2. The molecule has 0 fully saturated rings. The summed E-state index contributed by atoms with van der Waals surface area (Å²) in [7, 11) is 1.53. The Bertz CT molecular complexity index is 1120. The number of aryl methyl sites for hydroxylation is 2. The summed E-state index contributed by atoms with van der Waals surface area (Å²) in [6.07, 6.45) is 1.64. The van der Waals surface area contributed by atoms with Crippen LogP contribution in [0.5, 0.6) is 0 Å². The van der Waals surface area contributed by atoms with Crippen molar-refractivity contribution in [3.63, 3.8) is 0 Å². The SMILES string of the molecule is Cc1cc(/C=N\NC(=O)c2nn(C)c(=O)c3ccccc23)c(C)n1CC(C)C. The Balaban J connectivity index is 1.85. The molecular weight excluding hydrogens is 354 g/mol. The van der Waals surface area contributed by atoms with Gasteiger partial charge in [0, 0.05) is 35.9 Å². The van der Waals surface area contributed by atoms with Gasteiger partial charge in [-0.3, -0.25) is 9.59 Å². The average Bonchev–Trinajstić information content (AvgIpc) is 2.92. The first-order valence-corrected chi connectivity index (χ1v) is 9.25. The number of rotatable bonds is 5. The van der Waals surface area contributed by atoms with E-state index in [9.17, 15) is 9.59 Å². The van der Waals surface area contributed by atoms with Crippen molar-refractivity contribution in [3.8, 4) is 0 Å². The van der Waals surface area contributed by atoms with Gasteiger partial charge in [0.2, 0.25) is 0 Å². The van der Waals surface area contributed by atoms with Crippen molar-refractivity contribution < 1.29 is 4.79 Å². The van der Waals surface area contributed by atoms with E-state index in [1.807, 2.05) is 13.0 Å². The van der Waals surface area contributed by atoms with E-state index in [0.29, 0.717) is 16.7 Å². The molecule has 28 heavy (non-hydrogen) atoms. The molecule has 0 aliphatic rings. The van der Waals surface area contributed by atoms with Gasteiger partial charge in [-0.15, -0.1) is 0 Å². The minimum Gasteiger partial charge on any atom is -0.348 e. The fourth-order valence-corrected chi connectivity index (χ4v) is 3.29. The summed E-state index contributed by atoms with van der Waals surface area (Å²) in [5, 5.41) is 9.17. The predicted octanol–water partition coefficient (Wildman–Crippen LogP) is 2.77. The maximum absolute atomic E-state index is 12.6. The number of fused-ring (bicyclic) bond motifs is 1. The third-order valence-electron chi connectivity index (χ3n) is 4.70. The minimum absolute atomic E-state index is 0.167. The quantitative estimate of drug-likeness (QED) is 0.547. The largest absolute Gasteiger partial charge is 0.348 e. The van der Waals surface area contributed by atoms with Gasteiger partial charge >= 0.3 is 0 Å². The second-order valence-corrected chi connectivity index (χ2v) is 7.35. The molecule has 2 aromatic heterocycles. The first-order chi connectivity index (χ1) is 13.3. The molecule has 0 aliphatic heterocycles. The Morgan fingerprint density at radius 3 is 2.61 bits per heavy atom. The van der Waals surface area contributed by atoms with Crippen LogP contribution in [-0.2, 0) is 13.6 Å². The molecule has 1 amide bonds. The van der Waals surface area contributed by atoms with E-state index in [2.05, 4.69) is 41.0 Å². The summed E-state index contributed by atoms with van der Waals surface area (Å²) in [5.74, 6) is 0.0809. The van der Waals surface area contributed by atoms with E-state index in [4.69, 9.17) is 0 Å². The highest BCUT2D eigenvalue weighted by Gasteiger charge is 2.15. The van der Waals surface area contributed by atoms with Gasteiger partial charge in [0.1, 0.15) is 0 Å². The molecule has 146 valence electrons. The van der Waals surface area contributed by atoms with Gasteiger partial charge in [0.25, 0.3) is 11.5 Å². The zero-order valence-electron chi connectivity index (χ0n) is 16.9. The summed E-state index contributed by atoms with van der Waals surface area (Å²) in [4.78, 5) is 24.8. The number of hydrogen-bond acceptors (Lipinski definition) is 4. The molecule has 1 N–H and O–H groups in total. The number of hydrogen-bond donors (Lipinski definition) is 1. The van der Waals surface area contributed by atoms with Crippen molar-refractivity contribution in [1.29, 1.82) is 0 Å². The molecule has 0 unspecified atom stereocenters. The Labute approximate surface area is 163 Å². The lowest BCUT2D eigenvalue weighted by Gasteiger charge is -2.11. The van der Waals surface area contributed by atoms with Crippen molar-refractivity contribution in [2.45, 2.75) is 34.2 Å². The van der Waals surface area contributed by atoms with Gasteiger partial charge in [-0.2, -0.15) is 10.2 Å². The van der Waals surface area contributed by atoms with Gasteiger partial charge in [0.15, 0.2) is 5.69 Å². The van der Waals surface area contributed by atoms with E-state index in [1.165, 1.54) is 11.7 Å². The average molecular weight is 379 g/mol. The first-order valence-electron chi connectivity index (χ1n) is 9.25. The number of carbonyl (C=O) groups excluding carboxylic acids is 1. The number of nitrogens with zero attached hydrogens (tertiary/aromatic N) is 4. The molecule has 0 radical (unpaired) electrons. The van der Waals surface area contributed by atoms with Crippen LogP contribution < -0.4 is 11.0 Å². The van der Waals surface area contributed by atoms with Crippen molar-refractivity contribution in [3.05, 3.63) is 63.3 Å². The minimum atomic E-state index is -0.459. The third-order valence-corrected chi connectivity index (χ3v) is 4.70. The molecule has 0 saturated carbocycles. The number of nitrogens with one attached hydrogen (secondary N) is 1. The second-order valence-electron chi connectivity index (χ2n) is 7.35. The lowest BCUT2D eigenvalue weighted by Crippen LogP contribution is -2.27. The maximum atomic E-state index is 12.6. The molecule has 2 heterocycles. The summed E-state index contributed by atoms with van der Waals surface area (Å²) in [6.45, 7) is 9.40. The third kappa shape index (κ3) is 3.74. The fourth-order valence-electron chi connectivity index (χ4n) is 3.29. The monoisotopic (exact) mass is 379 g/mol. The van der Waals surface area contributed by atoms with Crippen molar-refractivity contribution in [2.75, 3.05) is 0 Å². The van der Waals surface area contributed by atoms with E-state index < -0.39 is 5.91 Å². The maximum Gasteiger partial charge on any atom is 0.292 e. The van der Waals surface area contributed by atoms with Crippen LogP contribution in [0.15, 0.2) is 40.2 Å². The Hall–Kier alpha value is -3.22. The summed E-state index contributed by atoms with van der Waals surface area (Å²) < 4.78 is 3.41.